The van der Waals surface area contributed by atoms with E-state index in [2.05, 4.69) is 36.8 Å². The van der Waals surface area contributed by atoms with Crippen molar-refractivity contribution in [3.8, 4) is 0 Å². The Morgan fingerprint density at radius 2 is 1.69 bits per heavy atom. The Hall–Kier alpha value is -1.44. The Labute approximate surface area is 97.7 Å². The summed E-state index contributed by atoms with van der Waals surface area (Å²) in [5, 5.41) is 0. The lowest BCUT2D eigenvalue weighted by Crippen LogP contribution is -2.11. The molecular formula is C14H20N2. The smallest absolute Gasteiger partial charge is 0.0889 e. The van der Waals surface area contributed by atoms with E-state index >= 15 is 0 Å². The van der Waals surface area contributed by atoms with Crippen LogP contribution in [0.15, 0.2) is 30.6 Å². The zero-order valence-corrected chi connectivity index (χ0v) is 10.8. The number of rotatable bonds is 0. The summed E-state index contributed by atoms with van der Waals surface area (Å²) >= 11 is 0. The molecule has 16 heavy (non-hydrogen) atoms. The standard InChI is InChI=1S/C12H14N2.C2H6/c1-12(2,3)9-7-11-10(14-8-9)5-4-6-13-11;1-2/h4-8H,1-3H3;1-2H3. The average molecular weight is 216 g/mol. The van der Waals surface area contributed by atoms with Crippen molar-refractivity contribution in [2.24, 2.45) is 0 Å². The monoisotopic (exact) mass is 216 g/mol. The summed E-state index contributed by atoms with van der Waals surface area (Å²) in [4.78, 5) is 8.68. The zero-order valence-electron chi connectivity index (χ0n) is 10.8. The van der Waals surface area contributed by atoms with E-state index in [-0.39, 0.29) is 5.41 Å². The van der Waals surface area contributed by atoms with Crippen molar-refractivity contribution in [3.05, 3.63) is 36.2 Å². The zero-order chi connectivity index (χ0) is 12.2. The van der Waals surface area contributed by atoms with Gasteiger partial charge in [-0.15, -0.1) is 0 Å². The van der Waals surface area contributed by atoms with E-state index in [9.17, 15) is 0 Å². The molecule has 0 saturated carbocycles. The molecule has 0 radical (unpaired) electrons. The normalized spacial score (nSPS) is 10.8. The summed E-state index contributed by atoms with van der Waals surface area (Å²) in [6.07, 6.45) is 3.74. The molecule has 0 aliphatic carbocycles. The minimum Gasteiger partial charge on any atom is -0.255 e. The van der Waals surface area contributed by atoms with E-state index in [0.29, 0.717) is 0 Å². The maximum absolute atomic E-state index is 4.39. The van der Waals surface area contributed by atoms with Gasteiger partial charge in [-0.1, -0.05) is 34.6 Å². The van der Waals surface area contributed by atoms with Crippen molar-refractivity contribution in [1.29, 1.82) is 0 Å². The third-order valence-corrected chi connectivity index (χ3v) is 2.32. The van der Waals surface area contributed by atoms with Gasteiger partial charge < -0.3 is 0 Å². The first-order valence-electron chi connectivity index (χ1n) is 5.78. The number of fused-ring (bicyclic) bond motifs is 1. The first-order valence-corrected chi connectivity index (χ1v) is 5.78. The van der Waals surface area contributed by atoms with Crippen molar-refractivity contribution in [2.75, 3.05) is 0 Å². The molecule has 2 aromatic heterocycles. The predicted octanol–water partition coefficient (Wildman–Crippen LogP) is 3.95. The van der Waals surface area contributed by atoms with Crippen molar-refractivity contribution in [3.63, 3.8) is 0 Å². The molecule has 0 unspecified atom stereocenters. The van der Waals surface area contributed by atoms with Crippen LogP contribution in [0.25, 0.3) is 11.0 Å². The van der Waals surface area contributed by atoms with Crippen molar-refractivity contribution < 1.29 is 0 Å². The van der Waals surface area contributed by atoms with Gasteiger partial charge in [-0.25, -0.2) is 0 Å². The van der Waals surface area contributed by atoms with Crippen LogP contribution in [-0.4, -0.2) is 9.97 Å². The number of hydrogen-bond donors (Lipinski definition) is 0. The van der Waals surface area contributed by atoms with Crippen LogP contribution in [0, 0.1) is 0 Å². The number of pyridine rings is 2. The molecule has 0 N–H and O–H groups in total. The van der Waals surface area contributed by atoms with Gasteiger partial charge >= 0.3 is 0 Å². The molecule has 0 bridgehead atoms. The fourth-order valence-electron chi connectivity index (χ4n) is 1.36. The third-order valence-electron chi connectivity index (χ3n) is 2.32. The average Bonchev–Trinajstić information content (AvgIpc) is 2.30. The van der Waals surface area contributed by atoms with Crippen LogP contribution in [0.5, 0.6) is 0 Å². The SMILES string of the molecule is CC.CC(C)(C)c1cnc2cccnc2c1. The minimum atomic E-state index is 0.138. The van der Waals surface area contributed by atoms with Gasteiger partial charge in [-0.2, -0.15) is 0 Å². The topological polar surface area (TPSA) is 25.8 Å². The maximum Gasteiger partial charge on any atom is 0.0889 e. The Morgan fingerprint density at radius 1 is 1.00 bits per heavy atom. The first-order chi connectivity index (χ1) is 7.57. The molecule has 2 nitrogen and oxygen atoms in total. The lowest BCUT2D eigenvalue weighted by molar-refractivity contribution is 0.588. The fourth-order valence-corrected chi connectivity index (χ4v) is 1.36. The largest absolute Gasteiger partial charge is 0.255 e. The molecule has 0 atom stereocenters. The van der Waals surface area contributed by atoms with Gasteiger partial charge in [0.05, 0.1) is 11.0 Å². The fraction of sp³-hybridized carbons (Fsp3) is 0.429. The van der Waals surface area contributed by atoms with E-state index in [4.69, 9.17) is 0 Å². The Morgan fingerprint density at radius 3 is 2.31 bits per heavy atom. The summed E-state index contributed by atoms with van der Waals surface area (Å²) in [5.41, 5.74) is 3.29. The maximum atomic E-state index is 4.39. The van der Waals surface area contributed by atoms with E-state index in [0.717, 1.165) is 11.0 Å². The second kappa shape index (κ2) is 5.06. The third kappa shape index (κ3) is 2.78. The molecule has 2 heterocycles. The van der Waals surface area contributed by atoms with Crippen molar-refractivity contribution in [1.82, 2.24) is 9.97 Å². The first kappa shape index (κ1) is 12.6. The molecule has 2 aromatic rings. The Bertz CT molecular complexity index is 455. The van der Waals surface area contributed by atoms with Crippen molar-refractivity contribution in [2.45, 2.75) is 40.0 Å². The van der Waals surface area contributed by atoms with Crippen molar-refractivity contribution >= 4 is 11.0 Å². The highest BCUT2D eigenvalue weighted by atomic mass is 14.7. The Balaban J connectivity index is 0.000000606. The quantitative estimate of drug-likeness (QED) is 0.666. The van der Waals surface area contributed by atoms with E-state index in [1.54, 1.807) is 6.20 Å². The minimum absolute atomic E-state index is 0.138. The second-order valence-corrected chi connectivity index (χ2v) is 4.52. The van der Waals surface area contributed by atoms with Crippen LogP contribution < -0.4 is 0 Å². The van der Waals surface area contributed by atoms with Gasteiger partial charge in [-0.3, -0.25) is 9.97 Å². The summed E-state index contributed by atoms with van der Waals surface area (Å²) in [5.74, 6) is 0. The summed E-state index contributed by atoms with van der Waals surface area (Å²) in [7, 11) is 0. The second-order valence-electron chi connectivity index (χ2n) is 4.52. The van der Waals surface area contributed by atoms with E-state index in [1.165, 1.54) is 5.56 Å². The molecule has 2 heteroatoms. The lowest BCUT2D eigenvalue weighted by Gasteiger charge is -2.18. The van der Waals surface area contributed by atoms with Crippen LogP contribution in [-0.2, 0) is 5.41 Å². The molecule has 0 aliphatic rings. The highest BCUT2D eigenvalue weighted by molar-refractivity contribution is 5.74. The molecule has 0 amide bonds. The molecule has 0 fully saturated rings. The van der Waals surface area contributed by atoms with Crippen LogP contribution in [0.4, 0.5) is 0 Å². The summed E-state index contributed by atoms with van der Waals surface area (Å²) in [6.45, 7) is 10.5. The molecule has 0 spiro atoms. The molecule has 0 aromatic carbocycles. The number of hydrogen-bond acceptors (Lipinski definition) is 2. The molecule has 0 saturated heterocycles. The van der Waals surface area contributed by atoms with Crippen LogP contribution in [0.3, 0.4) is 0 Å². The molecule has 86 valence electrons. The predicted molar refractivity (Wildman–Crippen MR) is 69.6 cm³/mol. The lowest BCUT2D eigenvalue weighted by atomic mass is 9.88. The van der Waals surface area contributed by atoms with Gasteiger partial charge in [0.1, 0.15) is 0 Å². The van der Waals surface area contributed by atoms with Crippen LogP contribution in [0.1, 0.15) is 40.2 Å². The Kier molecular flexibility index (Phi) is 3.99. The van der Waals surface area contributed by atoms with Gasteiger partial charge in [0.2, 0.25) is 0 Å². The molecule has 0 aliphatic heterocycles. The van der Waals surface area contributed by atoms with Gasteiger partial charge in [0, 0.05) is 12.4 Å². The number of aromatic nitrogens is 2. The molecular weight excluding hydrogens is 196 g/mol. The van der Waals surface area contributed by atoms with E-state index in [1.807, 2.05) is 32.2 Å². The highest BCUT2D eigenvalue weighted by Crippen LogP contribution is 2.23. The molecule has 2 rings (SSSR count). The van der Waals surface area contributed by atoms with E-state index < -0.39 is 0 Å². The highest BCUT2D eigenvalue weighted by Gasteiger charge is 2.14. The summed E-state index contributed by atoms with van der Waals surface area (Å²) in [6, 6.07) is 6.00. The number of nitrogens with zero attached hydrogens (tertiary/aromatic N) is 2. The van der Waals surface area contributed by atoms with Crippen LogP contribution >= 0.6 is 0 Å². The van der Waals surface area contributed by atoms with Gasteiger partial charge in [0.25, 0.3) is 0 Å². The van der Waals surface area contributed by atoms with Gasteiger partial charge in [0.15, 0.2) is 0 Å². The van der Waals surface area contributed by atoms with Crippen LogP contribution in [0.2, 0.25) is 0 Å². The summed E-state index contributed by atoms with van der Waals surface area (Å²) < 4.78 is 0. The van der Waals surface area contributed by atoms with Gasteiger partial charge in [-0.05, 0) is 29.2 Å².